The SMILES string of the molecule is O=C(CCC(=O)N1CCC(c2ccccc2)=N1)Nc1ncc(Cc2ccccc2Cl)s1. The summed E-state index contributed by atoms with van der Waals surface area (Å²) in [4.78, 5) is 30.0. The van der Waals surface area contributed by atoms with Gasteiger partial charge in [-0.05, 0) is 17.2 Å². The standard InChI is InChI=1S/C23H21ClN4O2S/c24-19-9-5-4-8-17(19)14-18-15-25-23(31-18)26-21(29)10-11-22(30)28-13-12-20(27-28)16-6-2-1-3-7-16/h1-9,15H,10-14H2,(H,25,26,29). The summed E-state index contributed by atoms with van der Waals surface area (Å²) in [5.41, 5.74) is 2.93. The second-order valence-electron chi connectivity index (χ2n) is 7.13. The molecule has 2 amide bonds. The molecule has 0 atom stereocenters. The molecule has 0 radical (unpaired) electrons. The lowest BCUT2D eigenvalue weighted by molar-refractivity contribution is -0.132. The number of anilines is 1. The minimum absolute atomic E-state index is 0.0882. The highest BCUT2D eigenvalue weighted by Gasteiger charge is 2.22. The molecular formula is C23H21ClN4O2S. The Balaban J connectivity index is 1.26. The number of rotatable bonds is 7. The van der Waals surface area contributed by atoms with Gasteiger partial charge in [-0.25, -0.2) is 9.99 Å². The number of halogens is 1. The van der Waals surface area contributed by atoms with E-state index in [4.69, 9.17) is 11.6 Å². The number of carbonyl (C=O) groups excluding carboxylic acids is 2. The molecule has 31 heavy (non-hydrogen) atoms. The van der Waals surface area contributed by atoms with Gasteiger partial charge in [0.05, 0.1) is 12.3 Å². The van der Waals surface area contributed by atoms with Crippen molar-refractivity contribution in [1.29, 1.82) is 0 Å². The number of thiazole rings is 1. The van der Waals surface area contributed by atoms with Crippen molar-refractivity contribution < 1.29 is 9.59 Å². The van der Waals surface area contributed by atoms with E-state index >= 15 is 0 Å². The fraction of sp³-hybridized carbons (Fsp3) is 0.217. The maximum absolute atomic E-state index is 12.4. The smallest absolute Gasteiger partial charge is 0.243 e. The predicted molar refractivity (Wildman–Crippen MR) is 124 cm³/mol. The van der Waals surface area contributed by atoms with E-state index in [9.17, 15) is 9.59 Å². The average molecular weight is 453 g/mol. The molecule has 4 rings (SSSR count). The summed E-state index contributed by atoms with van der Waals surface area (Å²) in [7, 11) is 0. The van der Waals surface area contributed by atoms with Crippen LogP contribution in [-0.4, -0.2) is 34.1 Å². The fourth-order valence-electron chi connectivity index (χ4n) is 3.28. The quantitative estimate of drug-likeness (QED) is 0.562. The lowest BCUT2D eigenvalue weighted by atomic mass is 10.1. The normalized spacial score (nSPS) is 13.2. The summed E-state index contributed by atoms with van der Waals surface area (Å²) in [5.74, 6) is -0.391. The third kappa shape index (κ3) is 5.57. The van der Waals surface area contributed by atoms with Crippen molar-refractivity contribution in [2.45, 2.75) is 25.7 Å². The van der Waals surface area contributed by atoms with Crippen LogP contribution in [0.1, 0.15) is 35.3 Å². The highest BCUT2D eigenvalue weighted by atomic mass is 35.5. The van der Waals surface area contributed by atoms with Crippen LogP contribution in [0.5, 0.6) is 0 Å². The second-order valence-corrected chi connectivity index (χ2v) is 8.65. The monoisotopic (exact) mass is 452 g/mol. The molecule has 6 nitrogen and oxygen atoms in total. The van der Waals surface area contributed by atoms with Gasteiger partial charge >= 0.3 is 0 Å². The van der Waals surface area contributed by atoms with Gasteiger partial charge in [-0.1, -0.05) is 60.1 Å². The van der Waals surface area contributed by atoms with E-state index in [0.717, 1.165) is 28.1 Å². The van der Waals surface area contributed by atoms with Crippen LogP contribution in [0.3, 0.4) is 0 Å². The van der Waals surface area contributed by atoms with Crippen LogP contribution < -0.4 is 5.32 Å². The number of nitrogens with one attached hydrogen (secondary N) is 1. The van der Waals surface area contributed by atoms with Gasteiger partial charge in [0.1, 0.15) is 0 Å². The van der Waals surface area contributed by atoms with Crippen molar-refractivity contribution in [3.05, 3.63) is 81.8 Å². The Morgan fingerprint density at radius 1 is 1.06 bits per heavy atom. The molecule has 2 heterocycles. The summed E-state index contributed by atoms with van der Waals surface area (Å²) < 4.78 is 0. The van der Waals surface area contributed by atoms with Crippen LogP contribution in [0.15, 0.2) is 65.9 Å². The summed E-state index contributed by atoms with van der Waals surface area (Å²) in [6.45, 7) is 0.544. The second kappa shape index (κ2) is 9.85. The third-order valence-corrected chi connectivity index (χ3v) is 6.17. The van der Waals surface area contributed by atoms with E-state index in [-0.39, 0.29) is 24.7 Å². The molecule has 0 unspecified atom stereocenters. The average Bonchev–Trinajstić information content (AvgIpc) is 3.44. The number of amides is 2. The van der Waals surface area contributed by atoms with Crippen molar-refractivity contribution in [1.82, 2.24) is 9.99 Å². The van der Waals surface area contributed by atoms with Gasteiger partial charge in [0.25, 0.3) is 0 Å². The van der Waals surface area contributed by atoms with E-state index < -0.39 is 0 Å². The van der Waals surface area contributed by atoms with Crippen LogP contribution >= 0.6 is 22.9 Å². The molecule has 1 aromatic heterocycles. The molecule has 2 aromatic carbocycles. The van der Waals surface area contributed by atoms with Gasteiger partial charge in [-0.3, -0.25) is 9.59 Å². The zero-order valence-corrected chi connectivity index (χ0v) is 18.3. The minimum atomic E-state index is -0.238. The zero-order chi connectivity index (χ0) is 21.6. The minimum Gasteiger partial charge on any atom is -0.302 e. The van der Waals surface area contributed by atoms with Gasteiger partial charge < -0.3 is 5.32 Å². The summed E-state index contributed by atoms with van der Waals surface area (Å²) >= 11 is 7.61. The Labute approximate surface area is 189 Å². The van der Waals surface area contributed by atoms with Gasteiger partial charge in [0, 0.05) is 41.8 Å². The van der Waals surface area contributed by atoms with Crippen molar-refractivity contribution in [2.24, 2.45) is 5.10 Å². The Bertz CT molecular complexity index is 1110. The van der Waals surface area contributed by atoms with Gasteiger partial charge in [-0.15, -0.1) is 11.3 Å². The fourth-order valence-corrected chi connectivity index (χ4v) is 4.33. The van der Waals surface area contributed by atoms with E-state index in [1.54, 1.807) is 6.20 Å². The van der Waals surface area contributed by atoms with Crippen LogP contribution in [-0.2, 0) is 16.0 Å². The Hall–Kier alpha value is -3.03. The lowest BCUT2D eigenvalue weighted by Crippen LogP contribution is -2.24. The number of aromatic nitrogens is 1. The molecular weight excluding hydrogens is 432 g/mol. The first kappa shape index (κ1) is 21.2. The molecule has 3 aromatic rings. The molecule has 0 saturated heterocycles. The number of benzene rings is 2. The van der Waals surface area contributed by atoms with Crippen molar-refractivity contribution in [3.8, 4) is 0 Å². The van der Waals surface area contributed by atoms with Crippen molar-refractivity contribution in [3.63, 3.8) is 0 Å². The maximum atomic E-state index is 12.4. The molecule has 158 valence electrons. The Morgan fingerprint density at radius 2 is 1.84 bits per heavy atom. The number of hydrogen-bond donors (Lipinski definition) is 1. The van der Waals surface area contributed by atoms with E-state index in [2.05, 4.69) is 15.4 Å². The molecule has 1 aliphatic rings. The van der Waals surface area contributed by atoms with E-state index in [1.807, 2.05) is 54.6 Å². The molecule has 1 N–H and O–H groups in total. The Kier molecular flexibility index (Phi) is 6.74. The largest absolute Gasteiger partial charge is 0.302 e. The summed E-state index contributed by atoms with van der Waals surface area (Å²) in [6, 6.07) is 17.5. The highest BCUT2D eigenvalue weighted by Crippen LogP contribution is 2.25. The molecule has 0 aliphatic carbocycles. The maximum Gasteiger partial charge on any atom is 0.243 e. The number of carbonyl (C=O) groups is 2. The van der Waals surface area contributed by atoms with E-state index in [0.29, 0.717) is 23.1 Å². The van der Waals surface area contributed by atoms with Crippen LogP contribution in [0.2, 0.25) is 5.02 Å². The zero-order valence-electron chi connectivity index (χ0n) is 16.8. The number of nitrogens with zero attached hydrogens (tertiary/aromatic N) is 3. The molecule has 0 spiro atoms. The first-order chi connectivity index (χ1) is 15.1. The molecule has 1 aliphatic heterocycles. The van der Waals surface area contributed by atoms with Crippen molar-refractivity contribution >= 4 is 45.6 Å². The van der Waals surface area contributed by atoms with Crippen LogP contribution in [0.4, 0.5) is 5.13 Å². The lowest BCUT2D eigenvalue weighted by Gasteiger charge is -2.10. The third-order valence-electron chi connectivity index (χ3n) is 4.89. The molecule has 0 fully saturated rings. The topological polar surface area (TPSA) is 74.7 Å². The first-order valence-corrected chi connectivity index (χ1v) is 11.2. The van der Waals surface area contributed by atoms with Crippen LogP contribution in [0, 0.1) is 0 Å². The van der Waals surface area contributed by atoms with Gasteiger partial charge in [0.15, 0.2) is 5.13 Å². The molecule has 0 saturated carbocycles. The van der Waals surface area contributed by atoms with Crippen molar-refractivity contribution in [2.75, 3.05) is 11.9 Å². The Morgan fingerprint density at radius 3 is 2.65 bits per heavy atom. The number of hydrazone groups is 1. The first-order valence-electron chi connectivity index (χ1n) is 10.00. The molecule has 0 bridgehead atoms. The summed E-state index contributed by atoms with van der Waals surface area (Å²) in [5, 5.41) is 9.88. The van der Waals surface area contributed by atoms with E-state index in [1.165, 1.54) is 16.3 Å². The summed E-state index contributed by atoms with van der Waals surface area (Å²) in [6.07, 6.45) is 3.30. The van der Waals surface area contributed by atoms with Gasteiger partial charge in [-0.2, -0.15) is 5.10 Å². The van der Waals surface area contributed by atoms with Crippen LogP contribution in [0.25, 0.3) is 0 Å². The highest BCUT2D eigenvalue weighted by molar-refractivity contribution is 7.15. The number of hydrogen-bond acceptors (Lipinski definition) is 5. The van der Waals surface area contributed by atoms with Gasteiger partial charge in [0.2, 0.25) is 11.8 Å². The molecule has 8 heteroatoms. The predicted octanol–water partition coefficient (Wildman–Crippen LogP) is 4.74.